The number of hydrogen-bond acceptors (Lipinski definition) is 2. The summed E-state index contributed by atoms with van der Waals surface area (Å²) in [5.41, 5.74) is 0.831. The molecule has 0 bridgehead atoms. The van der Waals surface area contributed by atoms with E-state index in [1.165, 1.54) is 6.07 Å². The maximum Gasteiger partial charge on any atom is 0.250 e. The van der Waals surface area contributed by atoms with Crippen LogP contribution in [0, 0.1) is 11.8 Å². The molecule has 0 aliphatic rings. The van der Waals surface area contributed by atoms with Crippen LogP contribution in [-0.2, 0) is 6.54 Å². The number of hydrogen-bond donors (Lipinski definition) is 0. The molecule has 1 aromatic carbocycles. The summed E-state index contributed by atoms with van der Waals surface area (Å²) in [4.78, 5) is 11.5. The van der Waals surface area contributed by atoms with E-state index in [9.17, 15) is 4.79 Å². The SMILES string of the molecule is O=c1ccccn1CCOc1cccc(C#CCCl)c1. The lowest BCUT2D eigenvalue weighted by Gasteiger charge is -2.08. The molecule has 2 aromatic rings. The molecular weight excluding hydrogens is 274 g/mol. The maximum absolute atomic E-state index is 11.5. The Morgan fingerprint density at radius 2 is 2.10 bits per heavy atom. The Labute approximate surface area is 122 Å². The van der Waals surface area contributed by atoms with E-state index in [0.717, 1.165) is 11.3 Å². The molecule has 0 radical (unpaired) electrons. The summed E-state index contributed by atoms with van der Waals surface area (Å²) in [6, 6.07) is 12.6. The minimum Gasteiger partial charge on any atom is -0.492 e. The van der Waals surface area contributed by atoms with E-state index in [4.69, 9.17) is 16.3 Å². The number of benzene rings is 1. The van der Waals surface area contributed by atoms with E-state index < -0.39 is 0 Å². The summed E-state index contributed by atoms with van der Waals surface area (Å²) in [5.74, 6) is 6.77. The molecule has 0 unspecified atom stereocenters. The van der Waals surface area contributed by atoms with E-state index in [2.05, 4.69) is 11.8 Å². The van der Waals surface area contributed by atoms with Crippen molar-refractivity contribution in [2.24, 2.45) is 0 Å². The molecule has 1 aromatic heterocycles. The van der Waals surface area contributed by atoms with Gasteiger partial charge >= 0.3 is 0 Å². The van der Waals surface area contributed by atoms with Crippen molar-refractivity contribution in [2.45, 2.75) is 6.54 Å². The van der Waals surface area contributed by atoms with Crippen molar-refractivity contribution in [1.82, 2.24) is 4.57 Å². The number of nitrogens with zero attached hydrogens (tertiary/aromatic N) is 1. The highest BCUT2D eigenvalue weighted by Gasteiger charge is 1.97. The molecule has 20 heavy (non-hydrogen) atoms. The Bertz CT molecular complexity index is 682. The smallest absolute Gasteiger partial charge is 0.250 e. The molecule has 0 amide bonds. The fourth-order valence-electron chi connectivity index (χ4n) is 1.71. The van der Waals surface area contributed by atoms with Gasteiger partial charge in [-0.25, -0.2) is 0 Å². The maximum atomic E-state index is 11.5. The Balaban J connectivity index is 1.94. The topological polar surface area (TPSA) is 31.2 Å². The third-order valence-corrected chi connectivity index (χ3v) is 2.77. The second kappa shape index (κ2) is 7.42. The first-order valence-corrected chi connectivity index (χ1v) is 6.76. The predicted molar refractivity (Wildman–Crippen MR) is 80.2 cm³/mol. The quantitative estimate of drug-likeness (QED) is 0.639. The van der Waals surface area contributed by atoms with Crippen molar-refractivity contribution >= 4 is 11.6 Å². The first kappa shape index (κ1) is 14.2. The van der Waals surface area contributed by atoms with Crippen molar-refractivity contribution in [1.29, 1.82) is 0 Å². The van der Waals surface area contributed by atoms with Gasteiger partial charge in [0.2, 0.25) is 0 Å². The van der Waals surface area contributed by atoms with E-state index in [1.807, 2.05) is 30.3 Å². The minimum atomic E-state index is -0.0298. The molecular formula is C16H14ClNO2. The molecule has 4 heteroatoms. The van der Waals surface area contributed by atoms with Crippen molar-refractivity contribution in [3.63, 3.8) is 0 Å². The minimum absolute atomic E-state index is 0.0298. The van der Waals surface area contributed by atoms with Crippen LogP contribution in [0.5, 0.6) is 5.75 Å². The van der Waals surface area contributed by atoms with Gasteiger partial charge in [0.15, 0.2) is 0 Å². The van der Waals surface area contributed by atoms with Crippen LogP contribution in [-0.4, -0.2) is 17.1 Å². The van der Waals surface area contributed by atoms with Gasteiger partial charge in [-0.05, 0) is 24.3 Å². The summed E-state index contributed by atoms with van der Waals surface area (Å²) in [5, 5.41) is 0. The van der Waals surface area contributed by atoms with E-state index in [0.29, 0.717) is 19.0 Å². The van der Waals surface area contributed by atoms with E-state index in [-0.39, 0.29) is 5.56 Å². The third-order valence-electron chi connectivity index (χ3n) is 2.63. The molecule has 0 atom stereocenters. The van der Waals surface area contributed by atoms with Crippen LogP contribution in [0.1, 0.15) is 5.56 Å². The lowest BCUT2D eigenvalue weighted by Crippen LogP contribution is -2.21. The Hall–Kier alpha value is -2.18. The summed E-state index contributed by atoms with van der Waals surface area (Å²) in [6.07, 6.45) is 1.74. The monoisotopic (exact) mass is 287 g/mol. The Morgan fingerprint density at radius 3 is 2.90 bits per heavy atom. The Kier molecular flexibility index (Phi) is 5.28. The number of ether oxygens (including phenoxy) is 1. The molecule has 0 saturated carbocycles. The van der Waals surface area contributed by atoms with Gasteiger partial charge in [0.1, 0.15) is 12.4 Å². The molecule has 3 nitrogen and oxygen atoms in total. The first-order chi connectivity index (χ1) is 9.79. The van der Waals surface area contributed by atoms with Crippen LogP contribution < -0.4 is 10.3 Å². The normalized spacial score (nSPS) is 9.65. The fraction of sp³-hybridized carbons (Fsp3) is 0.188. The van der Waals surface area contributed by atoms with Crippen molar-refractivity contribution in [3.05, 3.63) is 64.6 Å². The zero-order chi connectivity index (χ0) is 14.2. The number of pyridine rings is 1. The van der Waals surface area contributed by atoms with Crippen LogP contribution in [0.25, 0.3) is 0 Å². The van der Waals surface area contributed by atoms with Gasteiger partial charge < -0.3 is 9.30 Å². The van der Waals surface area contributed by atoms with Gasteiger partial charge in [-0.2, -0.15) is 0 Å². The number of aromatic nitrogens is 1. The number of halogens is 1. The van der Waals surface area contributed by atoms with E-state index in [1.54, 1.807) is 16.8 Å². The Morgan fingerprint density at radius 1 is 1.20 bits per heavy atom. The van der Waals surface area contributed by atoms with Crippen molar-refractivity contribution in [2.75, 3.05) is 12.5 Å². The predicted octanol–water partition coefficient (Wildman–Crippen LogP) is 2.52. The molecule has 1 heterocycles. The molecule has 0 spiro atoms. The van der Waals surface area contributed by atoms with Crippen LogP contribution in [0.2, 0.25) is 0 Å². The molecule has 2 rings (SSSR count). The fourth-order valence-corrected chi connectivity index (χ4v) is 1.77. The second-order valence-corrected chi connectivity index (χ2v) is 4.31. The highest BCUT2D eigenvalue weighted by molar-refractivity contribution is 6.19. The van der Waals surface area contributed by atoms with Gasteiger partial charge in [0.25, 0.3) is 5.56 Å². The summed E-state index contributed by atoms with van der Waals surface area (Å²) in [7, 11) is 0. The second-order valence-electron chi connectivity index (χ2n) is 4.04. The van der Waals surface area contributed by atoms with Gasteiger partial charge in [-0.1, -0.05) is 24.0 Å². The molecule has 0 fully saturated rings. The zero-order valence-electron chi connectivity index (χ0n) is 10.9. The molecule has 0 aliphatic carbocycles. The highest BCUT2D eigenvalue weighted by Crippen LogP contribution is 2.12. The van der Waals surface area contributed by atoms with Crippen LogP contribution in [0.15, 0.2) is 53.5 Å². The van der Waals surface area contributed by atoms with Gasteiger partial charge in [0, 0.05) is 17.8 Å². The molecule has 0 N–H and O–H groups in total. The molecule has 0 saturated heterocycles. The summed E-state index contributed by atoms with van der Waals surface area (Å²) >= 11 is 5.52. The zero-order valence-corrected chi connectivity index (χ0v) is 11.6. The number of alkyl halides is 1. The molecule has 102 valence electrons. The van der Waals surface area contributed by atoms with Gasteiger partial charge in [0.05, 0.1) is 12.4 Å². The largest absolute Gasteiger partial charge is 0.492 e. The van der Waals surface area contributed by atoms with Crippen molar-refractivity contribution < 1.29 is 4.74 Å². The number of rotatable bonds is 4. The summed E-state index contributed by atoms with van der Waals surface area (Å²) in [6.45, 7) is 0.938. The van der Waals surface area contributed by atoms with Crippen LogP contribution in [0.4, 0.5) is 0 Å². The van der Waals surface area contributed by atoms with Gasteiger partial charge in [-0.15, -0.1) is 11.6 Å². The lowest BCUT2D eigenvalue weighted by molar-refractivity contribution is 0.296. The molecule has 0 aliphatic heterocycles. The van der Waals surface area contributed by atoms with Crippen molar-refractivity contribution in [3.8, 4) is 17.6 Å². The average Bonchev–Trinajstić information content (AvgIpc) is 2.48. The van der Waals surface area contributed by atoms with Gasteiger partial charge in [-0.3, -0.25) is 4.79 Å². The highest BCUT2D eigenvalue weighted by atomic mass is 35.5. The summed E-state index contributed by atoms with van der Waals surface area (Å²) < 4.78 is 7.23. The van der Waals surface area contributed by atoms with E-state index >= 15 is 0 Å². The van der Waals surface area contributed by atoms with Crippen LogP contribution >= 0.6 is 11.6 Å². The average molecular weight is 288 g/mol. The standard InChI is InChI=1S/C16H14ClNO2/c17-9-4-6-14-5-3-7-15(13-14)20-12-11-18-10-2-1-8-16(18)19/h1-3,5,7-8,10,13H,9,11-12H2. The first-order valence-electron chi connectivity index (χ1n) is 6.23. The lowest BCUT2D eigenvalue weighted by atomic mass is 10.2. The third kappa shape index (κ3) is 4.18. The van der Waals surface area contributed by atoms with Crippen LogP contribution in [0.3, 0.4) is 0 Å².